The molecule has 118 valence electrons. The molecule has 0 fully saturated rings. The van der Waals surface area contributed by atoms with Gasteiger partial charge in [0.1, 0.15) is 11.4 Å². The van der Waals surface area contributed by atoms with Crippen LogP contribution in [0.5, 0.6) is 5.75 Å². The van der Waals surface area contributed by atoms with Crippen molar-refractivity contribution in [1.82, 2.24) is 0 Å². The van der Waals surface area contributed by atoms with Crippen LogP contribution in [0.2, 0.25) is 0 Å². The van der Waals surface area contributed by atoms with Crippen LogP contribution in [0.3, 0.4) is 0 Å². The van der Waals surface area contributed by atoms with Crippen LogP contribution in [0.4, 0.5) is 11.4 Å². The van der Waals surface area contributed by atoms with Gasteiger partial charge in [0.05, 0.1) is 5.69 Å². The number of aromatic hydroxyl groups is 1. The third kappa shape index (κ3) is 2.89. The maximum Gasteiger partial charge on any atom is 0.141 e. The highest BCUT2D eigenvalue weighted by atomic mass is 16.3. The molecule has 0 saturated heterocycles. The van der Waals surface area contributed by atoms with Gasteiger partial charge in [-0.25, -0.2) is 0 Å². The number of nitrogens with zero attached hydrogens (tertiary/aromatic N) is 2. The van der Waals surface area contributed by atoms with Gasteiger partial charge >= 0.3 is 0 Å². The van der Waals surface area contributed by atoms with E-state index in [-0.39, 0.29) is 5.75 Å². The number of nitroso groups, excluding NO2 is 1. The molecule has 0 radical (unpaired) electrons. The molecule has 0 amide bonds. The van der Waals surface area contributed by atoms with Gasteiger partial charge in [0.2, 0.25) is 0 Å². The summed E-state index contributed by atoms with van der Waals surface area (Å²) >= 11 is 0. The van der Waals surface area contributed by atoms with Gasteiger partial charge in [0.25, 0.3) is 0 Å². The first-order chi connectivity index (χ1) is 11.1. The Balaban J connectivity index is 2.11. The normalized spacial score (nSPS) is 16.7. The number of hydrogen-bond acceptors (Lipinski definition) is 4. The first-order valence-electron chi connectivity index (χ1n) is 7.89. The summed E-state index contributed by atoms with van der Waals surface area (Å²) < 4.78 is 0. The average Bonchev–Trinajstić information content (AvgIpc) is 2.77. The minimum atomic E-state index is 0.225. The Kier molecular flexibility index (Phi) is 4.24. The molecule has 1 atom stereocenters. The number of allylic oxidation sites excluding steroid dienone is 2. The van der Waals surface area contributed by atoms with Crippen molar-refractivity contribution in [3.05, 3.63) is 46.4 Å². The minimum absolute atomic E-state index is 0.225. The van der Waals surface area contributed by atoms with Gasteiger partial charge in [-0.05, 0) is 44.2 Å². The van der Waals surface area contributed by atoms with Gasteiger partial charge < -0.3 is 5.11 Å². The van der Waals surface area contributed by atoms with E-state index in [9.17, 15) is 10.0 Å². The molecule has 2 aromatic carbocycles. The van der Waals surface area contributed by atoms with E-state index in [1.807, 2.05) is 24.4 Å². The number of aliphatic imine (C=N–C) groups is 1. The Morgan fingerprint density at radius 1 is 1.35 bits per heavy atom. The zero-order chi connectivity index (χ0) is 16.4. The lowest BCUT2D eigenvalue weighted by molar-refractivity contribution is 0.472. The highest BCUT2D eigenvalue weighted by Crippen LogP contribution is 2.47. The van der Waals surface area contributed by atoms with Crippen molar-refractivity contribution in [3.63, 3.8) is 0 Å². The first kappa shape index (κ1) is 15.4. The largest absolute Gasteiger partial charge is 0.507 e. The number of rotatable bonds is 3. The molecule has 1 unspecified atom stereocenters. The first-order valence-corrected chi connectivity index (χ1v) is 7.89. The summed E-state index contributed by atoms with van der Waals surface area (Å²) in [5.41, 5.74) is 2.86. The standard InChI is InChI=1S/C19H20N2O2/c1-12(2)7-8-13-9-10-16-17(20-11-13)18(21-23)14-5-3-4-6-15(14)19(16)22/h3-7,11,13,22H,8-10H2,1-2H3. The Morgan fingerprint density at radius 3 is 2.78 bits per heavy atom. The van der Waals surface area contributed by atoms with Crippen LogP contribution in [-0.2, 0) is 6.42 Å². The lowest BCUT2D eigenvalue weighted by Crippen LogP contribution is -2.01. The molecular formula is C19H20N2O2. The van der Waals surface area contributed by atoms with E-state index >= 15 is 0 Å². The minimum Gasteiger partial charge on any atom is -0.507 e. The summed E-state index contributed by atoms with van der Waals surface area (Å²) in [6.45, 7) is 4.16. The Labute approximate surface area is 135 Å². The van der Waals surface area contributed by atoms with E-state index in [0.717, 1.165) is 18.4 Å². The fraction of sp³-hybridized carbons (Fsp3) is 0.316. The quantitative estimate of drug-likeness (QED) is 0.595. The molecular weight excluding hydrogens is 288 g/mol. The summed E-state index contributed by atoms with van der Waals surface area (Å²) in [7, 11) is 0. The molecule has 0 aromatic heterocycles. The highest BCUT2D eigenvalue weighted by Gasteiger charge is 2.22. The van der Waals surface area contributed by atoms with E-state index in [0.29, 0.717) is 34.5 Å². The molecule has 3 rings (SSSR count). The third-order valence-corrected chi connectivity index (χ3v) is 4.33. The van der Waals surface area contributed by atoms with Crippen LogP contribution in [0.15, 0.2) is 46.1 Å². The van der Waals surface area contributed by atoms with Gasteiger partial charge in [0, 0.05) is 22.6 Å². The molecule has 0 saturated carbocycles. The predicted molar refractivity (Wildman–Crippen MR) is 95.1 cm³/mol. The van der Waals surface area contributed by atoms with E-state index in [2.05, 4.69) is 30.1 Å². The van der Waals surface area contributed by atoms with Gasteiger partial charge in [-0.1, -0.05) is 35.9 Å². The van der Waals surface area contributed by atoms with E-state index < -0.39 is 0 Å². The summed E-state index contributed by atoms with van der Waals surface area (Å²) in [6, 6.07) is 7.30. The van der Waals surface area contributed by atoms with Crippen molar-refractivity contribution >= 4 is 28.4 Å². The van der Waals surface area contributed by atoms with Crippen molar-refractivity contribution in [2.75, 3.05) is 0 Å². The van der Waals surface area contributed by atoms with E-state index in [4.69, 9.17) is 0 Å². The smallest absolute Gasteiger partial charge is 0.141 e. The summed E-state index contributed by atoms with van der Waals surface area (Å²) in [5.74, 6) is 0.530. The summed E-state index contributed by atoms with van der Waals surface area (Å²) in [4.78, 5) is 15.9. The molecule has 1 aliphatic rings. The fourth-order valence-corrected chi connectivity index (χ4v) is 3.06. The Bertz CT molecular complexity index is 818. The number of benzene rings is 2. The molecule has 1 N–H and O–H groups in total. The monoisotopic (exact) mass is 308 g/mol. The second-order valence-electron chi connectivity index (χ2n) is 6.26. The summed E-state index contributed by atoms with van der Waals surface area (Å²) in [5, 5.41) is 15.1. The fourth-order valence-electron chi connectivity index (χ4n) is 3.06. The van der Waals surface area contributed by atoms with Crippen molar-refractivity contribution in [1.29, 1.82) is 0 Å². The molecule has 0 aliphatic carbocycles. The van der Waals surface area contributed by atoms with Crippen LogP contribution in [-0.4, -0.2) is 11.3 Å². The highest BCUT2D eigenvalue weighted by molar-refractivity contribution is 6.04. The Hall–Kier alpha value is -2.49. The second-order valence-corrected chi connectivity index (χ2v) is 6.26. The van der Waals surface area contributed by atoms with Crippen LogP contribution in [0.1, 0.15) is 32.3 Å². The van der Waals surface area contributed by atoms with Crippen molar-refractivity contribution in [3.8, 4) is 5.75 Å². The zero-order valence-corrected chi connectivity index (χ0v) is 13.4. The number of hydrogen-bond donors (Lipinski definition) is 1. The number of fused-ring (bicyclic) bond motifs is 2. The van der Waals surface area contributed by atoms with Crippen LogP contribution >= 0.6 is 0 Å². The lowest BCUT2D eigenvalue weighted by atomic mass is 9.94. The molecule has 0 spiro atoms. The number of phenolic OH excluding ortho intramolecular Hbond substituents is 1. The molecule has 1 aliphatic heterocycles. The maximum absolute atomic E-state index is 11.4. The van der Waals surface area contributed by atoms with Crippen molar-refractivity contribution in [2.24, 2.45) is 16.1 Å². The maximum atomic E-state index is 11.4. The molecule has 4 nitrogen and oxygen atoms in total. The molecule has 0 bridgehead atoms. The van der Waals surface area contributed by atoms with Crippen molar-refractivity contribution in [2.45, 2.75) is 33.1 Å². The van der Waals surface area contributed by atoms with Crippen molar-refractivity contribution < 1.29 is 5.11 Å². The van der Waals surface area contributed by atoms with Gasteiger partial charge in [-0.3, -0.25) is 4.99 Å². The summed E-state index contributed by atoms with van der Waals surface area (Å²) in [6.07, 6.45) is 6.60. The molecule has 2 aromatic rings. The van der Waals surface area contributed by atoms with E-state index in [1.165, 1.54) is 5.57 Å². The predicted octanol–water partition coefficient (Wildman–Crippen LogP) is 5.56. The zero-order valence-electron chi connectivity index (χ0n) is 13.4. The average molecular weight is 308 g/mol. The SMILES string of the molecule is CC(C)=CCC1C=Nc2c(c(O)c3ccccc3c2N=O)CC1. The van der Waals surface area contributed by atoms with Gasteiger partial charge in [-0.15, -0.1) is 4.91 Å². The molecule has 1 heterocycles. The van der Waals surface area contributed by atoms with Crippen LogP contribution < -0.4 is 0 Å². The molecule has 23 heavy (non-hydrogen) atoms. The van der Waals surface area contributed by atoms with Crippen LogP contribution in [0.25, 0.3) is 10.8 Å². The topological polar surface area (TPSA) is 62.0 Å². The van der Waals surface area contributed by atoms with Gasteiger partial charge in [0.15, 0.2) is 0 Å². The second kappa shape index (κ2) is 6.32. The molecule has 4 heteroatoms. The van der Waals surface area contributed by atoms with Crippen LogP contribution in [0, 0.1) is 10.8 Å². The number of phenols is 1. The third-order valence-electron chi connectivity index (χ3n) is 4.33. The Morgan fingerprint density at radius 2 is 2.09 bits per heavy atom. The lowest BCUT2D eigenvalue weighted by Gasteiger charge is -2.12. The van der Waals surface area contributed by atoms with Gasteiger partial charge in [-0.2, -0.15) is 0 Å². The van der Waals surface area contributed by atoms with E-state index in [1.54, 1.807) is 6.07 Å².